The first-order valence-electron chi connectivity index (χ1n) is 14.9. The minimum absolute atomic E-state index is 0. The molecule has 0 saturated heterocycles. The number of carboxylic acid groups (broad SMARTS) is 4. The zero-order valence-electron chi connectivity index (χ0n) is 29.0. The average molecular weight is 977 g/mol. The summed E-state index contributed by atoms with van der Waals surface area (Å²) in [5, 5.41) is 41.7. The smallest absolute Gasteiger partial charge is 0 e. The molecule has 0 bridgehead atoms. The summed E-state index contributed by atoms with van der Waals surface area (Å²) in [5.41, 5.74) is 0.727. The molecule has 0 unspecified atom stereocenters. The topological polar surface area (TPSA) is 349 Å². The van der Waals surface area contributed by atoms with Crippen molar-refractivity contribution >= 4 is 45.7 Å². The minimum atomic E-state index is -3.91. The van der Waals surface area contributed by atoms with Crippen LogP contribution in [0.25, 0.3) is 0 Å². The number of carboxylic acids is 4. The number of hydrogen-bond donors (Lipinski definition) is 5. The first-order valence-corrected chi connectivity index (χ1v) is 16.4. The molecule has 2 amide bonds. The summed E-state index contributed by atoms with van der Waals surface area (Å²) in [5.74, 6) is -6.51. The number of primary sulfonamides is 1. The van der Waals surface area contributed by atoms with E-state index >= 15 is 0 Å². The molecule has 0 saturated carbocycles. The number of amides is 2. The Morgan fingerprint density at radius 2 is 1.00 bits per heavy atom. The number of rotatable bonds is 20. The molecule has 3 rings (SSSR count). The van der Waals surface area contributed by atoms with Gasteiger partial charge in [-0.2, -0.15) is 0 Å². The first kappa shape index (κ1) is 52.3. The van der Waals surface area contributed by atoms with E-state index < -0.39 is 85.0 Å². The third-order valence-corrected chi connectivity index (χ3v) is 7.85. The maximum Gasteiger partial charge on any atom is 0 e. The van der Waals surface area contributed by atoms with Gasteiger partial charge in [-0.25, -0.2) is 23.5 Å². The second-order valence-electron chi connectivity index (χ2n) is 10.7. The number of sulfonamides is 1. The number of nitrogens with zero attached hydrogens (tertiary/aromatic N) is 7. The summed E-state index contributed by atoms with van der Waals surface area (Å²) in [4.78, 5) is 82.3. The van der Waals surface area contributed by atoms with Crippen molar-refractivity contribution in [1.29, 1.82) is 0 Å². The van der Waals surface area contributed by atoms with Crippen LogP contribution in [0.3, 0.4) is 0 Å². The van der Waals surface area contributed by atoms with E-state index in [1.54, 1.807) is 12.1 Å². The molecule has 23 nitrogen and oxygen atoms in total. The van der Waals surface area contributed by atoms with Crippen molar-refractivity contribution in [2.24, 2.45) is 5.14 Å². The standard InChI is InChI=1S/C28H34N8O12S.3CO.Re/c29-49(47,48)20-3-1-19(2-4-20)5-8-32(11-21-30-6-9-33(21)13-23(37)35(15-25(39)40)16-26(41)42)12-22-31-7-10-34(22)14-24(38)36(17-27(43)44)18-28(45)46;3*1-2;/h1-4,6-7,9-10H,5,8,11-18H2,(H,39,40)(H,41,42)(H,43,44)(H,45,46)(H2,29,47,48);;;;. The van der Waals surface area contributed by atoms with Gasteiger partial charge in [-0.15, -0.1) is 0 Å². The van der Waals surface area contributed by atoms with Gasteiger partial charge in [0, 0.05) is 51.8 Å². The van der Waals surface area contributed by atoms with Crippen LogP contribution in [-0.4, -0.2) is 131 Å². The monoisotopic (exact) mass is 977 g/mol. The fourth-order valence-electron chi connectivity index (χ4n) is 4.63. The summed E-state index contributed by atoms with van der Waals surface area (Å²) < 4.78 is 48.6. The van der Waals surface area contributed by atoms with E-state index in [0.717, 1.165) is 5.56 Å². The van der Waals surface area contributed by atoms with Crippen LogP contribution >= 0.6 is 0 Å². The predicted octanol–water partition coefficient (Wildman–Crippen LogP) is -2.15. The van der Waals surface area contributed by atoms with Gasteiger partial charge < -0.3 is 39.4 Å². The molecule has 1 radical (unpaired) electrons. The van der Waals surface area contributed by atoms with Crippen LogP contribution in [0.4, 0.5) is 0 Å². The third kappa shape index (κ3) is 19.0. The number of carbonyl (C=O) groups is 6. The number of benzene rings is 1. The minimum Gasteiger partial charge on any atom is 0 e. The van der Waals surface area contributed by atoms with Crippen molar-refractivity contribution in [3.63, 3.8) is 0 Å². The van der Waals surface area contributed by atoms with Crippen LogP contribution in [0.5, 0.6) is 0 Å². The van der Waals surface area contributed by atoms with Crippen molar-refractivity contribution in [3.05, 3.63) is 86.2 Å². The number of hydrogen-bond acceptors (Lipinski definition) is 11. The quantitative estimate of drug-likeness (QED) is 0.0596. The van der Waals surface area contributed by atoms with E-state index in [1.165, 1.54) is 46.1 Å². The molecular formula is C31H34N8O15ReS. The Labute approximate surface area is 332 Å². The van der Waals surface area contributed by atoms with E-state index in [4.69, 9.17) is 39.5 Å². The Bertz CT molecular complexity index is 1810. The Kier molecular flexibility index (Phi) is 25.1. The third-order valence-electron chi connectivity index (χ3n) is 6.92. The summed E-state index contributed by atoms with van der Waals surface area (Å²) >= 11 is 0. The predicted molar refractivity (Wildman–Crippen MR) is 176 cm³/mol. The molecule has 25 heteroatoms. The maximum atomic E-state index is 12.9. The Balaban J connectivity index is 0. The van der Waals surface area contributed by atoms with Gasteiger partial charge in [-0.3, -0.25) is 33.7 Å². The average Bonchev–Trinajstić information content (AvgIpc) is 3.76. The summed E-state index contributed by atoms with van der Waals surface area (Å²) in [6.07, 6.45) is 6.06. The molecule has 0 atom stereocenters. The second kappa shape index (κ2) is 26.9. The van der Waals surface area contributed by atoms with E-state index in [0.29, 0.717) is 27.9 Å². The van der Waals surface area contributed by atoms with Crippen molar-refractivity contribution < 1.29 is 92.0 Å². The van der Waals surface area contributed by atoms with Crippen LogP contribution in [-0.2, 0) is 106 Å². The SMILES string of the molecule is NS(=O)(=O)c1ccc(CCN(Cc2nccn2CC(=O)N(CC(=O)O)CC(=O)O)Cc2nccn2CC(=O)N(CC(=O)O)CC(=O)O)cc1.[C-]#[O+].[C-]#[O+].[C-]#[O+].[Re]. The maximum absolute atomic E-state index is 12.9. The molecule has 6 N–H and O–H groups in total. The molecule has 0 fully saturated rings. The van der Waals surface area contributed by atoms with Crippen molar-refractivity contribution in [2.45, 2.75) is 37.5 Å². The van der Waals surface area contributed by atoms with E-state index in [2.05, 4.69) is 29.9 Å². The first-order chi connectivity index (χ1) is 26.0. The van der Waals surface area contributed by atoms with Crippen LogP contribution in [0, 0.1) is 20.0 Å². The van der Waals surface area contributed by atoms with Crippen LogP contribution in [0.2, 0.25) is 0 Å². The van der Waals surface area contributed by atoms with Crippen molar-refractivity contribution in [2.75, 3.05) is 32.7 Å². The molecule has 2 aromatic heterocycles. The zero-order valence-corrected chi connectivity index (χ0v) is 32.5. The van der Waals surface area contributed by atoms with Crippen molar-refractivity contribution in [3.8, 4) is 0 Å². The Morgan fingerprint density at radius 1 is 0.661 bits per heavy atom. The van der Waals surface area contributed by atoms with Crippen LogP contribution in [0.15, 0.2) is 53.9 Å². The largest absolute Gasteiger partial charge is 0 e. The molecule has 0 aliphatic rings. The normalized spacial score (nSPS) is 10.0. The van der Waals surface area contributed by atoms with Gasteiger partial charge in [0.05, 0.1) is 18.0 Å². The van der Waals surface area contributed by atoms with E-state index in [9.17, 15) is 37.2 Å². The number of carbonyl (C=O) groups excluding carboxylic acids is 2. The van der Waals surface area contributed by atoms with Gasteiger partial charge in [0.25, 0.3) is 0 Å². The van der Waals surface area contributed by atoms with Gasteiger partial charge in [-0.1, -0.05) is 12.1 Å². The Morgan fingerprint density at radius 3 is 1.30 bits per heavy atom. The summed E-state index contributed by atoms with van der Waals surface area (Å²) in [6.45, 7) is 9.72. The molecule has 2 heterocycles. The second-order valence-corrected chi connectivity index (χ2v) is 12.2. The fourth-order valence-corrected chi connectivity index (χ4v) is 5.14. The summed E-state index contributed by atoms with van der Waals surface area (Å²) in [7, 11) is -3.91. The van der Waals surface area contributed by atoms with E-state index in [-0.39, 0.29) is 45.0 Å². The molecular weight excluding hydrogens is 943 g/mol. The van der Waals surface area contributed by atoms with Crippen molar-refractivity contribution in [1.82, 2.24) is 33.8 Å². The number of aliphatic carboxylic acids is 4. The van der Waals surface area contributed by atoms with Crippen LogP contribution < -0.4 is 5.14 Å². The molecule has 0 spiro atoms. The van der Waals surface area contributed by atoms with Gasteiger partial charge in [0.1, 0.15) is 50.9 Å². The van der Waals surface area contributed by atoms with Crippen LogP contribution in [0.1, 0.15) is 17.2 Å². The molecule has 0 aliphatic carbocycles. The summed E-state index contributed by atoms with van der Waals surface area (Å²) in [6, 6.07) is 5.86. The van der Waals surface area contributed by atoms with Gasteiger partial charge >= 0.3 is 57.8 Å². The van der Waals surface area contributed by atoms with E-state index in [1.807, 2.05) is 4.90 Å². The molecule has 56 heavy (non-hydrogen) atoms. The number of nitrogens with two attached hydrogens (primary N) is 1. The van der Waals surface area contributed by atoms with Gasteiger partial charge in [-0.05, 0) is 24.1 Å². The Hall–Kier alpha value is -5.79. The van der Waals surface area contributed by atoms with Gasteiger partial charge in [0.15, 0.2) is 0 Å². The van der Waals surface area contributed by atoms with Gasteiger partial charge in [0.2, 0.25) is 21.8 Å². The molecule has 301 valence electrons. The zero-order chi connectivity index (χ0) is 42.3. The number of imidazole rings is 2. The molecule has 1 aromatic carbocycles. The fraction of sp³-hybridized carbons (Fsp3) is 0.323. The molecule has 0 aliphatic heterocycles. The molecule has 3 aromatic rings. The number of aromatic nitrogens is 4.